The summed E-state index contributed by atoms with van der Waals surface area (Å²) in [7, 11) is 0. The van der Waals surface area contributed by atoms with Crippen LogP contribution in [0.3, 0.4) is 0 Å². The molecular formula is C12H17N3O2. The lowest BCUT2D eigenvalue weighted by molar-refractivity contribution is 0.0925. The van der Waals surface area contributed by atoms with Crippen molar-refractivity contribution in [3.63, 3.8) is 0 Å². The molecule has 0 saturated carbocycles. The summed E-state index contributed by atoms with van der Waals surface area (Å²) in [6.07, 6.45) is 0. The third-order valence-corrected chi connectivity index (χ3v) is 2.60. The molecule has 0 unspecified atom stereocenters. The van der Waals surface area contributed by atoms with E-state index < -0.39 is 11.9 Å². The first-order valence-electron chi connectivity index (χ1n) is 5.33. The van der Waals surface area contributed by atoms with E-state index >= 15 is 0 Å². The maximum absolute atomic E-state index is 12.1. The monoisotopic (exact) mass is 235 g/mol. The summed E-state index contributed by atoms with van der Waals surface area (Å²) < 4.78 is 0. The molecule has 0 aliphatic heterocycles. The molecule has 0 spiro atoms. The van der Waals surface area contributed by atoms with Crippen LogP contribution < -0.4 is 17.2 Å². The van der Waals surface area contributed by atoms with Gasteiger partial charge in [-0.1, -0.05) is 13.8 Å². The number of carbonyl (C=O) groups is 2. The summed E-state index contributed by atoms with van der Waals surface area (Å²) in [5, 5.41) is 0. The van der Waals surface area contributed by atoms with Gasteiger partial charge in [0.15, 0.2) is 5.78 Å². The van der Waals surface area contributed by atoms with Crippen molar-refractivity contribution in [2.45, 2.75) is 19.9 Å². The zero-order chi connectivity index (χ0) is 13.2. The number of benzene rings is 1. The standard InChI is InChI=1S/C12H17N3O2/c1-6(2)10(14)11(16)9-5-7(13)3-4-8(9)12(15)17/h3-6,10H,13-14H2,1-2H3,(H2,15,17)/t10-/m0/s1. The van der Waals surface area contributed by atoms with Crippen molar-refractivity contribution in [2.75, 3.05) is 5.73 Å². The van der Waals surface area contributed by atoms with E-state index in [0.717, 1.165) is 0 Å². The average Bonchev–Trinajstić information content (AvgIpc) is 2.26. The molecule has 0 aromatic heterocycles. The summed E-state index contributed by atoms with van der Waals surface area (Å²) in [6, 6.07) is 3.73. The molecule has 1 rings (SSSR count). The van der Waals surface area contributed by atoms with Gasteiger partial charge in [0.1, 0.15) is 0 Å². The molecule has 1 aromatic rings. The zero-order valence-corrected chi connectivity index (χ0v) is 9.94. The Morgan fingerprint density at radius 2 is 1.76 bits per heavy atom. The highest BCUT2D eigenvalue weighted by Gasteiger charge is 2.23. The van der Waals surface area contributed by atoms with Crippen molar-refractivity contribution >= 4 is 17.4 Å². The van der Waals surface area contributed by atoms with Crippen LogP contribution in [0.15, 0.2) is 18.2 Å². The Balaban J connectivity index is 3.24. The highest BCUT2D eigenvalue weighted by atomic mass is 16.1. The topological polar surface area (TPSA) is 112 Å². The lowest BCUT2D eigenvalue weighted by Crippen LogP contribution is -2.36. The molecule has 5 nitrogen and oxygen atoms in total. The van der Waals surface area contributed by atoms with Crippen LogP contribution in [-0.4, -0.2) is 17.7 Å². The molecule has 1 atom stereocenters. The van der Waals surface area contributed by atoms with Crippen molar-refractivity contribution in [2.24, 2.45) is 17.4 Å². The average molecular weight is 235 g/mol. The highest BCUT2D eigenvalue weighted by molar-refractivity contribution is 6.10. The second-order valence-corrected chi connectivity index (χ2v) is 4.30. The van der Waals surface area contributed by atoms with Crippen LogP contribution in [0.4, 0.5) is 5.69 Å². The van der Waals surface area contributed by atoms with Crippen molar-refractivity contribution < 1.29 is 9.59 Å². The number of ketones is 1. The van der Waals surface area contributed by atoms with E-state index in [1.807, 2.05) is 13.8 Å². The van der Waals surface area contributed by atoms with Gasteiger partial charge in [-0.25, -0.2) is 0 Å². The van der Waals surface area contributed by atoms with E-state index in [4.69, 9.17) is 17.2 Å². The molecule has 92 valence electrons. The molecule has 1 aromatic carbocycles. The van der Waals surface area contributed by atoms with Crippen molar-refractivity contribution in [3.8, 4) is 0 Å². The fraction of sp³-hybridized carbons (Fsp3) is 0.333. The first-order chi connectivity index (χ1) is 7.84. The van der Waals surface area contributed by atoms with E-state index in [2.05, 4.69) is 0 Å². The van der Waals surface area contributed by atoms with Crippen molar-refractivity contribution in [1.82, 2.24) is 0 Å². The van der Waals surface area contributed by atoms with Gasteiger partial charge >= 0.3 is 0 Å². The van der Waals surface area contributed by atoms with E-state index in [1.165, 1.54) is 18.2 Å². The Hall–Kier alpha value is -1.88. The normalized spacial score (nSPS) is 12.5. The van der Waals surface area contributed by atoms with Crippen LogP contribution in [0, 0.1) is 5.92 Å². The summed E-state index contributed by atoms with van der Waals surface area (Å²) >= 11 is 0. The molecule has 5 heteroatoms. The first kappa shape index (κ1) is 13.2. The minimum atomic E-state index is -0.671. The summed E-state index contributed by atoms with van der Waals surface area (Å²) in [6.45, 7) is 3.66. The first-order valence-corrected chi connectivity index (χ1v) is 5.33. The van der Waals surface area contributed by atoms with Gasteiger partial charge in [0.2, 0.25) is 5.91 Å². The second-order valence-electron chi connectivity index (χ2n) is 4.30. The molecule has 1 amide bonds. The third kappa shape index (κ3) is 2.82. The van der Waals surface area contributed by atoms with E-state index in [9.17, 15) is 9.59 Å². The third-order valence-electron chi connectivity index (χ3n) is 2.60. The quantitative estimate of drug-likeness (QED) is 0.522. The van der Waals surface area contributed by atoms with Crippen LogP contribution in [-0.2, 0) is 0 Å². The van der Waals surface area contributed by atoms with Crippen molar-refractivity contribution in [3.05, 3.63) is 29.3 Å². The number of hydrogen-bond acceptors (Lipinski definition) is 4. The number of hydrogen-bond donors (Lipinski definition) is 3. The largest absolute Gasteiger partial charge is 0.399 e. The van der Waals surface area contributed by atoms with Crippen LogP contribution in [0.2, 0.25) is 0 Å². The Bertz CT molecular complexity index is 455. The number of rotatable bonds is 4. The highest BCUT2D eigenvalue weighted by Crippen LogP contribution is 2.17. The molecule has 0 aliphatic rings. The van der Waals surface area contributed by atoms with Crippen molar-refractivity contribution in [1.29, 1.82) is 0 Å². The Kier molecular flexibility index (Phi) is 3.85. The predicted molar refractivity (Wildman–Crippen MR) is 66.5 cm³/mol. The summed E-state index contributed by atoms with van der Waals surface area (Å²) in [5.41, 5.74) is 17.3. The van der Waals surface area contributed by atoms with Gasteiger partial charge < -0.3 is 17.2 Å². The Morgan fingerprint density at radius 3 is 2.24 bits per heavy atom. The molecule has 6 N–H and O–H groups in total. The maximum Gasteiger partial charge on any atom is 0.249 e. The van der Waals surface area contributed by atoms with E-state index in [1.54, 1.807) is 0 Å². The fourth-order valence-electron chi connectivity index (χ4n) is 1.46. The van der Waals surface area contributed by atoms with Crippen LogP contribution in [0.5, 0.6) is 0 Å². The minimum absolute atomic E-state index is 0.0235. The minimum Gasteiger partial charge on any atom is -0.399 e. The number of nitrogen functional groups attached to an aromatic ring is 1. The number of carbonyl (C=O) groups excluding carboxylic acids is 2. The fourth-order valence-corrected chi connectivity index (χ4v) is 1.46. The lowest BCUT2D eigenvalue weighted by Gasteiger charge is -2.16. The van der Waals surface area contributed by atoms with Crippen LogP contribution in [0.25, 0.3) is 0 Å². The number of primary amides is 1. The molecule has 0 heterocycles. The number of anilines is 1. The van der Waals surface area contributed by atoms with Gasteiger partial charge in [-0.2, -0.15) is 0 Å². The van der Waals surface area contributed by atoms with Gasteiger partial charge in [-0.15, -0.1) is 0 Å². The van der Waals surface area contributed by atoms with Crippen LogP contribution >= 0.6 is 0 Å². The van der Waals surface area contributed by atoms with Gasteiger partial charge in [0.05, 0.1) is 11.6 Å². The van der Waals surface area contributed by atoms with Gasteiger partial charge in [0, 0.05) is 11.3 Å². The van der Waals surface area contributed by atoms with Gasteiger partial charge in [-0.3, -0.25) is 9.59 Å². The van der Waals surface area contributed by atoms with Gasteiger partial charge in [-0.05, 0) is 24.1 Å². The van der Waals surface area contributed by atoms with Gasteiger partial charge in [0.25, 0.3) is 0 Å². The van der Waals surface area contributed by atoms with E-state index in [-0.39, 0.29) is 22.8 Å². The molecule has 0 aliphatic carbocycles. The predicted octanol–water partition coefficient (Wildman–Crippen LogP) is 0.534. The lowest BCUT2D eigenvalue weighted by atomic mass is 9.92. The molecule has 0 bridgehead atoms. The zero-order valence-electron chi connectivity index (χ0n) is 9.94. The number of nitrogens with two attached hydrogens (primary N) is 3. The van der Waals surface area contributed by atoms with Crippen LogP contribution in [0.1, 0.15) is 34.6 Å². The molecular weight excluding hydrogens is 218 g/mol. The summed E-state index contributed by atoms with van der Waals surface area (Å²) in [4.78, 5) is 23.3. The SMILES string of the molecule is CC(C)[C@H](N)C(=O)c1cc(N)ccc1C(N)=O. The Labute approximate surface area is 100.0 Å². The molecule has 0 saturated heterocycles. The van der Waals surface area contributed by atoms with E-state index in [0.29, 0.717) is 5.69 Å². The molecule has 17 heavy (non-hydrogen) atoms. The number of amides is 1. The number of Topliss-reactive ketones (excluding diaryl/α,β-unsaturated/α-hetero) is 1. The smallest absolute Gasteiger partial charge is 0.249 e. The molecule has 0 fully saturated rings. The molecule has 0 radical (unpaired) electrons. The Morgan fingerprint density at radius 1 is 1.18 bits per heavy atom. The summed E-state index contributed by atoms with van der Waals surface area (Å²) in [5.74, 6) is -1.00. The maximum atomic E-state index is 12.1. The second kappa shape index (κ2) is 4.97.